The molecule has 0 spiro atoms. The molecule has 0 aliphatic carbocycles. The van der Waals surface area contributed by atoms with Crippen LogP contribution in [0.2, 0.25) is 0 Å². The van der Waals surface area contributed by atoms with Gasteiger partial charge in [0, 0.05) is 24.6 Å². The van der Waals surface area contributed by atoms with E-state index in [9.17, 15) is 4.79 Å². The molecule has 0 radical (unpaired) electrons. The molecule has 0 saturated heterocycles. The van der Waals surface area contributed by atoms with Gasteiger partial charge >= 0.3 is 0 Å². The number of likely N-dealkylation sites (N-methyl/N-ethyl adjacent to an activating group) is 1. The highest BCUT2D eigenvalue weighted by atomic mass is 79.9. The van der Waals surface area contributed by atoms with Gasteiger partial charge in [-0.3, -0.25) is 4.79 Å². The van der Waals surface area contributed by atoms with Crippen molar-refractivity contribution in [1.82, 2.24) is 10.2 Å². The summed E-state index contributed by atoms with van der Waals surface area (Å²) < 4.78 is 1.06. The van der Waals surface area contributed by atoms with Gasteiger partial charge in [0.2, 0.25) is 5.91 Å². The van der Waals surface area contributed by atoms with E-state index in [4.69, 9.17) is 0 Å². The van der Waals surface area contributed by atoms with E-state index in [-0.39, 0.29) is 11.9 Å². The Hall–Kier alpha value is -0.870. The molecule has 1 amide bonds. The lowest BCUT2D eigenvalue weighted by molar-refractivity contribution is -0.127. The number of hydrogen-bond acceptors (Lipinski definition) is 2. The monoisotopic (exact) mass is 284 g/mol. The Kier molecular flexibility index (Phi) is 4.96. The quantitative estimate of drug-likeness (QED) is 0.919. The van der Waals surface area contributed by atoms with Crippen molar-refractivity contribution in [2.24, 2.45) is 0 Å². The fourth-order valence-electron chi connectivity index (χ4n) is 1.27. The fourth-order valence-corrected chi connectivity index (χ4v) is 1.53. The van der Waals surface area contributed by atoms with Crippen LogP contribution in [0.15, 0.2) is 28.7 Å². The largest absolute Gasteiger partial charge is 0.348 e. The number of rotatable bonds is 4. The summed E-state index contributed by atoms with van der Waals surface area (Å²) >= 11 is 3.39. The van der Waals surface area contributed by atoms with Gasteiger partial charge in [-0.25, -0.2) is 0 Å². The number of amides is 1. The molecule has 0 aromatic heterocycles. The van der Waals surface area contributed by atoms with Crippen molar-refractivity contribution in [3.05, 3.63) is 34.3 Å². The highest BCUT2D eigenvalue weighted by Gasteiger charge is 2.08. The summed E-state index contributed by atoms with van der Waals surface area (Å²) in [4.78, 5) is 13.0. The lowest BCUT2D eigenvalue weighted by atomic mass is 10.1. The normalized spacial score (nSPS) is 12.2. The van der Waals surface area contributed by atoms with E-state index in [2.05, 4.69) is 21.2 Å². The van der Waals surface area contributed by atoms with Gasteiger partial charge < -0.3 is 10.2 Å². The van der Waals surface area contributed by atoms with E-state index in [0.717, 1.165) is 4.47 Å². The van der Waals surface area contributed by atoms with Crippen LogP contribution in [-0.2, 0) is 4.79 Å². The van der Waals surface area contributed by atoms with E-state index < -0.39 is 0 Å². The van der Waals surface area contributed by atoms with Gasteiger partial charge in [-0.15, -0.1) is 0 Å². The Morgan fingerprint density at radius 2 is 1.94 bits per heavy atom. The molecule has 1 aromatic carbocycles. The number of nitrogens with one attached hydrogen (secondary N) is 1. The van der Waals surface area contributed by atoms with Crippen molar-refractivity contribution in [3.63, 3.8) is 0 Å². The topological polar surface area (TPSA) is 32.3 Å². The zero-order chi connectivity index (χ0) is 12.1. The van der Waals surface area contributed by atoms with Gasteiger partial charge in [-0.1, -0.05) is 28.1 Å². The Balaban J connectivity index is 2.49. The summed E-state index contributed by atoms with van der Waals surface area (Å²) in [6.07, 6.45) is 0. The van der Waals surface area contributed by atoms with Crippen molar-refractivity contribution in [3.8, 4) is 0 Å². The number of carbonyl (C=O) groups is 1. The number of hydrogen-bond donors (Lipinski definition) is 1. The highest BCUT2D eigenvalue weighted by Crippen LogP contribution is 2.16. The SMILES string of the molecule is C[C@@H](NCC(=O)N(C)C)c1ccc(Br)cc1. The molecule has 0 aliphatic rings. The molecule has 88 valence electrons. The summed E-state index contributed by atoms with van der Waals surface area (Å²) in [5.74, 6) is 0.0870. The Morgan fingerprint density at radius 3 is 2.44 bits per heavy atom. The van der Waals surface area contributed by atoms with Crippen molar-refractivity contribution < 1.29 is 4.79 Å². The predicted octanol–water partition coefficient (Wildman–Crippen LogP) is 2.19. The molecule has 4 heteroatoms. The number of nitrogens with zero attached hydrogens (tertiary/aromatic N) is 1. The molecule has 0 aliphatic heterocycles. The first kappa shape index (κ1) is 13.2. The Bertz CT molecular complexity index is 349. The Labute approximate surface area is 105 Å². The second kappa shape index (κ2) is 6.01. The molecule has 1 N–H and O–H groups in total. The third-order valence-corrected chi connectivity index (χ3v) is 2.96. The van der Waals surface area contributed by atoms with Gasteiger partial charge in [-0.05, 0) is 24.6 Å². The lowest BCUT2D eigenvalue weighted by Gasteiger charge is -2.16. The van der Waals surface area contributed by atoms with E-state index >= 15 is 0 Å². The molecule has 1 atom stereocenters. The van der Waals surface area contributed by atoms with Crippen LogP contribution in [0, 0.1) is 0 Å². The Morgan fingerprint density at radius 1 is 1.38 bits per heavy atom. The van der Waals surface area contributed by atoms with E-state index in [1.165, 1.54) is 5.56 Å². The standard InChI is InChI=1S/C12H17BrN2O/c1-9(14-8-12(16)15(2)3)10-4-6-11(13)7-5-10/h4-7,9,14H,8H2,1-3H3/t9-/m1/s1. The molecule has 0 saturated carbocycles. The third-order valence-electron chi connectivity index (χ3n) is 2.43. The van der Waals surface area contributed by atoms with Gasteiger partial charge in [0.25, 0.3) is 0 Å². The molecule has 0 heterocycles. The average molecular weight is 285 g/mol. The molecule has 0 unspecified atom stereocenters. The number of benzene rings is 1. The van der Waals surface area contributed by atoms with E-state index in [0.29, 0.717) is 6.54 Å². The zero-order valence-corrected chi connectivity index (χ0v) is 11.4. The van der Waals surface area contributed by atoms with Crippen LogP contribution in [-0.4, -0.2) is 31.4 Å². The van der Waals surface area contributed by atoms with Gasteiger partial charge in [0.05, 0.1) is 6.54 Å². The molecule has 16 heavy (non-hydrogen) atoms. The van der Waals surface area contributed by atoms with Crippen LogP contribution in [0.25, 0.3) is 0 Å². The maximum atomic E-state index is 11.4. The molecule has 0 fully saturated rings. The van der Waals surface area contributed by atoms with E-state index in [1.807, 2.05) is 31.2 Å². The predicted molar refractivity (Wildman–Crippen MR) is 69.3 cm³/mol. The van der Waals surface area contributed by atoms with Crippen LogP contribution < -0.4 is 5.32 Å². The average Bonchev–Trinajstić information content (AvgIpc) is 2.26. The minimum Gasteiger partial charge on any atom is -0.348 e. The number of halogens is 1. The summed E-state index contributed by atoms with van der Waals surface area (Å²) in [5, 5.41) is 3.19. The van der Waals surface area contributed by atoms with Gasteiger partial charge in [-0.2, -0.15) is 0 Å². The van der Waals surface area contributed by atoms with Gasteiger partial charge in [0.1, 0.15) is 0 Å². The van der Waals surface area contributed by atoms with Gasteiger partial charge in [0.15, 0.2) is 0 Å². The molecule has 0 bridgehead atoms. The second-order valence-electron chi connectivity index (χ2n) is 3.94. The van der Waals surface area contributed by atoms with Crippen molar-refractivity contribution >= 4 is 21.8 Å². The van der Waals surface area contributed by atoms with E-state index in [1.54, 1.807) is 19.0 Å². The minimum absolute atomic E-state index is 0.0870. The fraction of sp³-hybridized carbons (Fsp3) is 0.417. The minimum atomic E-state index is 0.0870. The molecular weight excluding hydrogens is 268 g/mol. The zero-order valence-electron chi connectivity index (χ0n) is 9.83. The van der Waals surface area contributed by atoms with Crippen molar-refractivity contribution in [1.29, 1.82) is 0 Å². The lowest BCUT2D eigenvalue weighted by Crippen LogP contribution is -2.34. The highest BCUT2D eigenvalue weighted by molar-refractivity contribution is 9.10. The smallest absolute Gasteiger partial charge is 0.236 e. The summed E-state index contributed by atoms with van der Waals surface area (Å²) in [5.41, 5.74) is 1.18. The summed E-state index contributed by atoms with van der Waals surface area (Å²) in [6, 6.07) is 8.27. The number of carbonyl (C=O) groups excluding carboxylic acids is 1. The molecule has 1 aromatic rings. The van der Waals surface area contributed by atoms with Crippen LogP contribution in [0.3, 0.4) is 0 Å². The van der Waals surface area contributed by atoms with Crippen molar-refractivity contribution in [2.75, 3.05) is 20.6 Å². The molecule has 3 nitrogen and oxygen atoms in total. The van der Waals surface area contributed by atoms with Crippen LogP contribution >= 0.6 is 15.9 Å². The maximum absolute atomic E-state index is 11.4. The maximum Gasteiger partial charge on any atom is 0.236 e. The first-order chi connectivity index (χ1) is 7.50. The van der Waals surface area contributed by atoms with Crippen LogP contribution in [0.5, 0.6) is 0 Å². The second-order valence-corrected chi connectivity index (χ2v) is 4.86. The molecular formula is C12H17BrN2O. The van der Waals surface area contributed by atoms with Crippen LogP contribution in [0.4, 0.5) is 0 Å². The first-order valence-corrected chi connectivity index (χ1v) is 5.99. The summed E-state index contributed by atoms with van der Waals surface area (Å²) in [7, 11) is 3.52. The molecule has 1 rings (SSSR count). The summed E-state index contributed by atoms with van der Waals surface area (Å²) in [6.45, 7) is 2.41. The van der Waals surface area contributed by atoms with Crippen molar-refractivity contribution in [2.45, 2.75) is 13.0 Å². The third kappa shape index (κ3) is 3.94. The van der Waals surface area contributed by atoms with Crippen LogP contribution in [0.1, 0.15) is 18.5 Å². The first-order valence-electron chi connectivity index (χ1n) is 5.19.